The molecule has 0 saturated carbocycles. The van der Waals surface area contributed by atoms with Crippen LogP contribution in [0.2, 0.25) is 0 Å². The van der Waals surface area contributed by atoms with Crippen LogP contribution in [-0.4, -0.2) is 21.5 Å². The molecule has 1 N–H and O–H groups in total. The Labute approximate surface area is 105 Å². The molecule has 0 unspecified atom stereocenters. The second-order valence-corrected chi connectivity index (χ2v) is 4.89. The Morgan fingerprint density at radius 3 is 3.06 bits per heavy atom. The zero-order chi connectivity index (χ0) is 11.5. The fourth-order valence-corrected chi connectivity index (χ4v) is 1.97. The molecule has 0 aliphatic carbocycles. The summed E-state index contributed by atoms with van der Waals surface area (Å²) in [6.07, 6.45) is 1.96. The van der Waals surface area contributed by atoms with Gasteiger partial charge in [-0.25, -0.2) is 0 Å². The SMILES string of the molecule is CSCc1noc(-c2cc(Br)ccc2O)n1. The van der Waals surface area contributed by atoms with E-state index in [2.05, 4.69) is 26.1 Å². The summed E-state index contributed by atoms with van der Waals surface area (Å²) < 4.78 is 5.94. The van der Waals surface area contributed by atoms with Crippen LogP contribution in [0.15, 0.2) is 27.2 Å². The summed E-state index contributed by atoms with van der Waals surface area (Å²) in [5.74, 6) is 1.78. The number of benzene rings is 1. The van der Waals surface area contributed by atoms with Crippen LogP contribution in [0.3, 0.4) is 0 Å². The predicted molar refractivity (Wildman–Crippen MR) is 66.3 cm³/mol. The van der Waals surface area contributed by atoms with Crippen molar-refractivity contribution in [1.29, 1.82) is 0 Å². The number of rotatable bonds is 3. The smallest absolute Gasteiger partial charge is 0.261 e. The summed E-state index contributed by atoms with van der Waals surface area (Å²) >= 11 is 4.94. The Kier molecular flexibility index (Phi) is 3.50. The molecule has 0 fully saturated rings. The van der Waals surface area contributed by atoms with E-state index in [1.807, 2.05) is 6.26 Å². The highest BCUT2D eigenvalue weighted by Gasteiger charge is 2.12. The van der Waals surface area contributed by atoms with Crippen molar-refractivity contribution in [3.05, 3.63) is 28.5 Å². The standard InChI is InChI=1S/C10H9BrN2O2S/c1-16-5-9-12-10(15-13-9)7-4-6(11)2-3-8(7)14/h2-4,14H,5H2,1H3. The molecule has 0 spiro atoms. The summed E-state index contributed by atoms with van der Waals surface area (Å²) in [7, 11) is 0. The lowest BCUT2D eigenvalue weighted by Gasteiger charge is -1.99. The highest BCUT2D eigenvalue weighted by atomic mass is 79.9. The van der Waals surface area contributed by atoms with Gasteiger partial charge in [0, 0.05) is 4.47 Å². The molecule has 2 rings (SSSR count). The summed E-state index contributed by atoms with van der Waals surface area (Å²) in [6, 6.07) is 5.07. The van der Waals surface area contributed by atoms with Gasteiger partial charge in [0.2, 0.25) is 0 Å². The Morgan fingerprint density at radius 1 is 1.50 bits per heavy atom. The van der Waals surface area contributed by atoms with Crippen LogP contribution < -0.4 is 0 Å². The molecule has 4 nitrogen and oxygen atoms in total. The lowest BCUT2D eigenvalue weighted by molar-refractivity contribution is 0.419. The van der Waals surface area contributed by atoms with E-state index >= 15 is 0 Å². The summed E-state index contributed by atoms with van der Waals surface area (Å²) in [5.41, 5.74) is 0.536. The van der Waals surface area contributed by atoms with Gasteiger partial charge in [-0.2, -0.15) is 16.7 Å². The molecule has 1 aromatic carbocycles. The minimum atomic E-state index is 0.127. The molecule has 16 heavy (non-hydrogen) atoms. The molecule has 0 bridgehead atoms. The van der Waals surface area contributed by atoms with Crippen molar-refractivity contribution in [3.8, 4) is 17.2 Å². The van der Waals surface area contributed by atoms with Crippen molar-refractivity contribution in [2.75, 3.05) is 6.26 Å². The van der Waals surface area contributed by atoms with E-state index in [9.17, 15) is 5.11 Å². The Morgan fingerprint density at radius 2 is 2.31 bits per heavy atom. The van der Waals surface area contributed by atoms with Gasteiger partial charge in [-0.15, -0.1) is 0 Å². The molecule has 2 aromatic rings. The van der Waals surface area contributed by atoms with Gasteiger partial charge in [-0.05, 0) is 24.5 Å². The number of hydrogen-bond acceptors (Lipinski definition) is 5. The Balaban J connectivity index is 2.38. The molecule has 1 aromatic heterocycles. The summed E-state index contributed by atoms with van der Waals surface area (Å²) in [6.45, 7) is 0. The lowest BCUT2D eigenvalue weighted by atomic mass is 10.2. The highest BCUT2D eigenvalue weighted by Crippen LogP contribution is 2.30. The lowest BCUT2D eigenvalue weighted by Crippen LogP contribution is -1.83. The molecular formula is C10H9BrN2O2S. The monoisotopic (exact) mass is 300 g/mol. The van der Waals surface area contributed by atoms with Crippen molar-refractivity contribution >= 4 is 27.7 Å². The van der Waals surface area contributed by atoms with Crippen molar-refractivity contribution in [2.24, 2.45) is 0 Å². The van der Waals surface area contributed by atoms with Gasteiger partial charge >= 0.3 is 0 Å². The third-order valence-electron chi connectivity index (χ3n) is 1.93. The van der Waals surface area contributed by atoms with Gasteiger partial charge in [-0.1, -0.05) is 21.1 Å². The zero-order valence-electron chi connectivity index (χ0n) is 8.48. The van der Waals surface area contributed by atoms with E-state index < -0.39 is 0 Å². The largest absolute Gasteiger partial charge is 0.507 e. The van der Waals surface area contributed by atoms with E-state index in [0.717, 1.165) is 4.47 Å². The van der Waals surface area contributed by atoms with Gasteiger partial charge in [0.15, 0.2) is 5.82 Å². The van der Waals surface area contributed by atoms with Crippen molar-refractivity contribution in [2.45, 2.75) is 5.75 Å². The van der Waals surface area contributed by atoms with E-state index in [4.69, 9.17) is 4.52 Å². The van der Waals surface area contributed by atoms with Gasteiger partial charge in [0.25, 0.3) is 5.89 Å². The minimum Gasteiger partial charge on any atom is -0.507 e. The number of hydrogen-bond donors (Lipinski definition) is 1. The molecule has 0 aliphatic rings. The maximum absolute atomic E-state index is 9.67. The minimum absolute atomic E-state index is 0.127. The number of thioether (sulfide) groups is 1. The first-order valence-corrected chi connectivity index (χ1v) is 6.70. The Hall–Kier alpha value is -1.01. The second kappa shape index (κ2) is 4.88. The van der Waals surface area contributed by atoms with Gasteiger partial charge < -0.3 is 9.63 Å². The first kappa shape index (κ1) is 11.5. The van der Waals surface area contributed by atoms with E-state index in [1.165, 1.54) is 0 Å². The topological polar surface area (TPSA) is 59.2 Å². The molecule has 0 aliphatic heterocycles. The third kappa shape index (κ3) is 2.38. The van der Waals surface area contributed by atoms with Crippen LogP contribution in [0.4, 0.5) is 0 Å². The molecule has 84 valence electrons. The number of aromatic nitrogens is 2. The fraction of sp³-hybridized carbons (Fsp3) is 0.200. The van der Waals surface area contributed by atoms with Gasteiger partial charge in [0.05, 0.1) is 11.3 Å². The molecule has 0 radical (unpaired) electrons. The maximum Gasteiger partial charge on any atom is 0.261 e. The third-order valence-corrected chi connectivity index (χ3v) is 2.97. The average Bonchev–Trinajstić information content (AvgIpc) is 2.71. The van der Waals surface area contributed by atoms with Crippen LogP contribution >= 0.6 is 27.7 Å². The maximum atomic E-state index is 9.67. The van der Waals surface area contributed by atoms with Crippen LogP contribution in [-0.2, 0) is 5.75 Å². The number of phenols is 1. The van der Waals surface area contributed by atoms with E-state index in [1.54, 1.807) is 30.0 Å². The number of halogens is 1. The van der Waals surface area contributed by atoms with E-state index in [-0.39, 0.29) is 5.75 Å². The molecular weight excluding hydrogens is 292 g/mol. The van der Waals surface area contributed by atoms with Crippen molar-refractivity contribution < 1.29 is 9.63 Å². The number of nitrogens with zero attached hydrogens (tertiary/aromatic N) is 2. The van der Waals surface area contributed by atoms with Crippen LogP contribution in [0.1, 0.15) is 5.82 Å². The summed E-state index contributed by atoms with van der Waals surface area (Å²) in [4.78, 5) is 4.19. The molecule has 0 amide bonds. The zero-order valence-corrected chi connectivity index (χ0v) is 10.9. The second-order valence-electron chi connectivity index (χ2n) is 3.11. The first-order valence-electron chi connectivity index (χ1n) is 4.51. The predicted octanol–water partition coefficient (Wildman–Crippen LogP) is 3.07. The molecule has 0 saturated heterocycles. The Bertz CT molecular complexity index is 501. The molecule has 6 heteroatoms. The van der Waals surface area contributed by atoms with Crippen LogP contribution in [0.5, 0.6) is 5.75 Å². The first-order chi connectivity index (χ1) is 7.70. The molecule has 0 atom stereocenters. The quantitative estimate of drug-likeness (QED) is 0.944. The van der Waals surface area contributed by atoms with Crippen LogP contribution in [0, 0.1) is 0 Å². The van der Waals surface area contributed by atoms with E-state index in [0.29, 0.717) is 23.0 Å². The van der Waals surface area contributed by atoms with Crippen molar-refractivity contribution in [1.82, 2.24) is 10.1 Å². The molecule has 1 heterocycles. The normalized spacial score (nSPS) is 10.6. The number of phenolic OH excluding ortho intramolecular Hbond substituents is 1. The number of aromatic hydroxyl groups is 1. The van der Waals surface area contributed by atoms with Crippen molar-refractivity contribution in [3.63, 3.8) is 0 Å². The van der Waals surface area contributed by atoms with Gasteiger partial charge in [-0.3, -0.25) is 0 Å². The average molecular weight is 301 g/mol. The van der Waals surface area contributed by atoms with Gasteiger partial charge in [0.1, 0.15) is 5.75 Å². The fourth-order valence-electron chi connectivity index (χ4n) is 1.23. The van der Waals surface area contributed by atoms with Crippen LogP contribution in [0.25, 0.3) is 11.5 Å². The summed E-state index contributed by atoms with van der Waals surface area (Å²) in [5, 5.41) is 13.5. The highest BCUT2D eigenvalue weighted by molar-refractivity contribution is 9.10.